The third kappa shape index (κ3) is 2.72. The molecule has 0 atom stereocenters. The first-order chi connectivity index (χ1) is 6.15. The Morgan fingerprint density at radius 2 is 2.08 bits per heavy atom. The smallest absolute Gasteiger partial charge is 0.140 e. The van der Waals surface area contributed by atoms with Gasteiger partial charge in [-0.15, -0.1) is 0 Å². The molecule has 1 aromatic carbocycles. The van der Waals surface area contributed by atoms with E-state index in [9.17, 15) is 8.78 Å². The summed E-state index contributed by atoms with van der Waals surface area (Å²) in [6.45, 7) is 0.160. The number of nitrogens with two attached hydrogens (primary N) is 1. The van der Waals surface area contributed by atoms with Gasteiger partial charge in [0.15, 0.2) is 0 Å². The normalized spacial score (nSPS) is 10.5. The van der Waals surface area contributed by atoms with Crippen molar-refractivity contribution < 1.29 is 13.6 Å². The van der Waals surface area contributed by atoms with Crippen molar-refractivity contribution in [1.29, 1.82) is 0 Å². The second-order valence-corrected chi connectivity index (χ2v) is 3.34. The zero-order chi connectivity index (χ0) is 9.84. The molecule has 0 aliphatic carbocycles. The van der Waals surface area contributed by atoms with Crippen LogP contribution < -0.4 is 5.90 Å². The highest BCUT2D eigenvalue weighted by atomic mass is 79.9. The number of benzene rings is 1. The van der Waals surface area contributed by atoms with Crippen LogP contribution in [-0.4, -0.2) is 6.61 Å². The van der Waals surface area contributed by atoms with Crippen molar-refractivity contribution in [3.05, 3.63) is 33.8 Å². The van der Waals surface area contributed by atoms with Crippen molar-refractivity contribution in [2.24, 2.45) is 5.90 Å². The largest absolute Gasteiger partial charge is 0.304 e. The van der Waals surface area contributed by atoms with E-state index in [4.69, 9.17) is 5.90 Å². The second-order valence-electron chi connectivity index (χ2n) is 2.48. The minimum absolute atomic E-state index is 0.111. The third-order valence-corrected chi connectivity index (χ3v) is 2.13. The third-order valence-electron chi connectivity index (χ3n) is 1.56. The first-order valence-corrected chi connectivity index (χ1v) is 4.39. The molecule has 1 aromatic rings. The van der Waals surface area contributed by atoms with Crippen LogP contribution in [0.3, 0.4) is 0 Å². The molecule has 0 fully saturated rings. The number of halogens is 3. The van der Waals surface area contributed by atoms with Gasteiger partial charge >= 0.3 is 0 Å². The van der Waals surface area contributed by atoms with Crippen LogP contribution in [0.4, 0.5) is 8.78 Å². The van der Waals surface area contributed by atoms with Crippen LogP contribution in [0.1, 0.15) is 5.56 Å². The highest BCUT2D eigenvalue weighted by Crippen LogP contribution is 2.21. The summed E-state index contributed by atoms with van der Waals surface area (Å²) >= 11 is 2.90. The van der Waals surface area contributed by atoms with Gasteiger partial charge in [-0.3, -0.25) is 0 Å². The van der Waals surface area contributed by atoms with Crippen LogP contribution >= 0.6 is 15.9 Å². The molecule has 5 heteroatoms. The topological polar surface area (TPSA) is 35.2 Å². The predicted molar refractivity (Wildman–Crippen MR) is 47.9 cm³/mol. The van der Waals surface area contributed by atoms with E-state index in [0.29, 0.717) is 0 Å². The van der Waals surface area contributed by atoms with Gasteiger partial charge in [-0.25, -0.2) is 14.7 Å². The van der Waals surface area contributed by atoms with Gasteiger partial charge in [-0.1, -0.05) is 0 Å². The van der Waals surface area contributed by atoms with Crippen LogP contribution in [0.5, 0.6) is 0 Å². The lowest BCUT2D eigenvalue weighted by molar-refractivity contribution is 0.140. The van der Waals surface area contributed by atoms with E-state index < -0.39 is 11.6 Å². The summed E-state index contributed by atoms with van der Waals surface area (Å²) in [5.41, 5.74) is 0.248. The van der Waals surface area contributed by atoms with Crippen LogP contribution in [0.25, 0.3) is 0 Å². The summed E-state index contributed by atoms with van der Waals surface area (Å²) in [6.07, 6.45) is 0.249. The summed E-state index contributed by atoms with van der Waals surface area (Å²) in [5, 5.41) is 0. The fourth-order valence-corrected chi connectivity index (χ4v) is 1.43. The molecule has 0 saturated heterocycles. The maximum Gasteiger partial charge on any atom is 0.140 e. The fraction of sp³-hybridized carbons (Fsp3) is 0.250. The highest BCUT2D eigenvalue weighted by Gasteiger charge is 2.08. The molecular weight excluding hydrogens is 244 g/mol. The Hall–Kier alpha value is -0.520. The molecule has 2 nitrogen and oxygen atoms in total. The average Bonchev–Trinajstić information content (AvgIpc) is 2.09. The van der Waals surface area contributed by atoms with Gasteiger partial charge in [-0.2, -0.15) is 0 Å². The summed E-state index contributed by atoms with van der Waals surface area (Å²) in [6, 6.07) is 2.20. The first kappa shape index (κ1) is 10.6. The zero-order valence-electron chi connectivity index (χ0n) is 6.69. The summed E-state index contributed by atoms with van der Waals surface area (Å²) in [5.74, 6) is 3.82. The maximum absolute atomic E-state index is 13.2. The molecule has 0 saturated carbocycles. The first-order valence-electron chi connectivity index (χ1n) is 3.60. The van der Waals surface area contributed by atoms with Gasteiger partial charge in [0.2, 0.25) is 0 Å². The minimum Gasteiger partial charge on any atom is -0.304 e. The Morgan fingerprint density at radius 3 is 2.69 bits per heavy atom. The van der Waals surface area contributed by atoms with E-state index in [0.717, 1.165) is 12.1 Å². The van der Waals surface area contributed by atoms with E-state index in [1.807, 2.05) is 0 Å². The van der Waals surface area contributed by atoms with Crippen LogP contribution in [0.15, 0.2) is 16.6 Å². The predicted octanol–water partition coefficient (Wildman–Crippen LogP) is 2.16. The Kier molecular flexibility index (Phi) is 3.77. The Morgan fingerprint density at radius 1 is 1.38 bits per heavy atom. The van der Waals surface area contributed by atoms with Gasteiger partial charge in [0, 0.05) is 6.42 Å². The average molecular weight is 252 g/mol. The minimum atomic E-state index is -0.486. The van der Waals surface area contributed by atoms with E-state index in [2.05, 4.69) is 20.8 Å². The lowest BCUT2D eigenvalue weighted by Crippen LogP contribution is -2.05. The Labute approximate surface area is 82.8 Å². The van der Waals surface area contributed by atoms with E-state index in [1.165, 1.54) is 0 Å². The number of hydrogen-bond acceptors (Lipinski definition) is 2. The molecule has 0 aliphatic heterocycles. The van der Waals surface area contributed by atoms with Gasteiger partial charge in [0.25, 0.3) is 0 Å². The van der Waals surface area contributed by atoms with Crippen LogP contribution in [0, 0.1) is 11.6 Å². The van der Waals surface area contributed by atoms with Gasteiger partial charge in [-0.05, 0) is 33.6 Å². The molecule has 0 radical (unpaired) electrons. The quantitative estimate of drug-likeness (QED) is 0.660. The van der Waals surface area contributed by atoms with E-state index in [-0.39, 0.29) is 23.1 Å². The van der Waals surface area contributed by atoms with Crippen molar-refractivity contribution in [2.45, 2.75) is 6.42 Å². The Balaban J connectivity index is 2.92. The number of rotatable bonds is 3. The molecule has 1 rings (SSSR count). The molecule has 72 valence electrons. The summed E-state index contributed by atoms with van der Waals surface area (Å²) < 4.78 is 26.1. The molecule has 0 unspecified atom stereocenters. The van der Waals surface area contributed by atoms with E-state index >= 15 is 0 Å². The van der Waals surface area contributed by atoms with Crippen LogP contribution in [0.2, 0.25) is 0 Å². The molecule has 0 spiro atoms. The molecule has 0 aliphatic rings. The molecular formula is C8H8BrF2NO. The molecule has 0 aromatic heterocycles. The standard InChI is InChI=1S/C8H8BrF2NO/c9-7-4-6(10)3-5(8(7)11)1-2-13-12/h3-4H,1-2,12H2. The van der Waals surface area contributed by atoms with Crippen molar-refractivity contribution in [3.8, 4) is 0 Å². The molecule has 0 amide bonds. The van der Waals surface area contributed by atoms with E-state index in [1.54, 1.807) is 0 Å². The lowest BCUT2D eigenvalue weighted by Gasteiger charge is -2.03. The van der Waals surface area contributed by atoms with Crippen molar-refractivity contribution in [1.82, 2.24) is 0 Å². The highest BCUT2D eigenvalue weighted by molar-refractivity contribution is 9.10. The van der Waals surface area contributed by atoms with Crippen molar-refractivity contribution in [3.63, 3.8) is 0 Å². The monoisotopic (exact) mass is 251 g/mol. The second kappa shape index (κ2) is 4.64. The van der Waals surface area contributed by atoms with Gasteiger partial charge in [0.05, 0.1) is 11.1 Å². The molecule has 0 heterocycles. The molecule has 13 heavy (non-hydrogen) atoms. The summed E-state index contributed by atoms with van der Waals surface area (Å²) in [7, 11) is 0. The van der Waals surface area contributed by atoms with Gasteiger partial charge in [0.1, 0.15) is 11.6 Å². The fourth-order valence-electron chi connectivity index (χ4n) is 0.960. The summed E-state index contributed by atoms with van der Waals surface area (Å²) in [4.78, 5) is 4.28. The number of hydrogen-bond donors (Lipinski definition) is 1. The molecule has 2 N–H and O–H groups in total. The van der Waals surface area contributed by atoms with Crippen LogP contribution in [-0.2, 0) is 11.3 Å². The molecule has 0 bridgehead atoms. The zero-order valence-corrected chi connectivity index (χ0v) is 8.27. The maximum atomic E-state index is 13.2. The SMILES string of the molecule is NOCCc1cc(F)cc(Br)c1F. The van der Waals surface area contributed by atoms with Crippen molar-refractivity contribution in [2.75, 3.05) is 6.61 Å². The Bertz CT molecular complexity index is 306. The van der Waals surface area contributed by atoms with Crippen molar-refractivity contribution >= 4 is 15.9 Å². The lowest BCUT2D eigenvalue weighted by atomic mass is 10.1. The van der Waals surface area contributed by atoms with Gasteiger partial charge < -0.3 is 4.84 Å².